The van der Waals surface area contributed by atoms with E-state index in [1.54, 1.807) is 18.9 Å². The Bertz CT molecular complexity index is 584. The summed E-state index contributed by atoms with van der Waals surface area (Å²) in [6, 6.07) is 0.145. The number of likely N-dealkylation sites (tertiary alicyclic amines) is 1. The van der Waals surface area contributed by atoms with Crippen LogP contribution in [-0.4, -0.2) is 59.3 Å². The van der Waals surface area contributed by atoms with Crippen LogP contribution in [-0.2, 0) is 11.3 Å². The van der Waals surface area contributed by atoms with Crippen LogP contribution in [0.2, 0.25) is 0 Å². The van der Waals surface area contributed by atoms with Crippen LogP contribution in [0.5, 0.6) is 0 Å². The Morgan fingerprint density at radius 1 is 1.48 bits per heavy atom. The molecule has 1 aliphatic heterocycles. The van der Waals surface area contributed by atoms with Gasteiger partial charge >= 0.3 is 12.6 Å². The number of alkyl halides is 2. The number of carbonyl (C=O) groups is 1. The molecular weight excluding hydrogens is 334 g/mol. The maximum Gasteiger partial charge on any atom is 0.409 e. The first kappa shape index (κ1) is 18.9. The lowest BCUT2D eigenvalue weighted by molar-refractivity contribution is 0.0668. The third-order valence-electron chi connectivity index (χ3n) is 3.96. The summed E-state index contributed by atoms with van der Waals surface area (Å²) >= 11 is 0. The molecule has 0 atom stereocenters. The molecule has 2 rings (SSSR count). The zero-order valence-electron chi connectivity index (χ0n) is 14.4. The van der Waals surface area contributed by atoms with Gasteiger partial charge in [0.05, 0.1) is 13.2 Å². The number of carbonyl (C=O) groups excluding carboxylic acids is 1. The van der Waals surface area contributed by atoms with Crippen LogP contribution in [0.25, 0.3) is 0 Å². The van der Waals surface area contributed by atoms with Gasteiger partial charge in [0, 0.05) is 38.6 Å². The van der Waals surface area contributed by atoms with Gasteiger partial charge in [0.25, 0.3) is 0 Å². The van der Waals surface area contributed by atoms with E-state index in [2.05, 4.69) is 20.6 Å². The molecule has 1 aromatic heterocycles. The summed E-state index contributed by atoms with van der Waals surface area (Å²) in [7, 11) is 1.61. The Hall–Kier alpha value is -2.39. The van der Waals surface area contributed by atoms with Crippen molar-refractivity contribution in [3.8, 4) is 0 Å². The second-order valence-electron chi connectivity index (χ2n) is 5.56. The largest absolute Gasteiger partial charge is 0.450 e. The van der Waals surface area contributed by atoms with E-state index in [0.717, 1.165) is 17.4 Å². The first-order valence-corrected chi connectivity index (χ1v) is 8.23. The number of nitrogens with zero attached hydrogens (tertiary/aromatic N) is 4. The molecule has 1 saturated heterocycles. The fraction of sp³-hybridized carbons (Fsp3) is 0.667. The summed E-state index contributed by atoms with van der Waals surface area (Å²) < 4.78 is 31.4. The average Bonchev–Trinajstić information content (AvgIpc) is 3.08. The van der Waals surface area contributed by atoms with E-state index in [-0.39, 0.29) is 24.5 Å². The Kier molecular flexibility index (Phi) is 6.96. The van der Waals surface area contributed by atoms with Gasteiger partial charge in [-0.3, -0.25) is 9.56 Å². The fourth-order valence-electron chi connectivity index (χ4n) is 2.63. The van der Waals surface area contributed by atoms with Gasteiger partial charge in [0.1, 0.15) is 5.82 Å². The molecule has 2 N–H and O–H groups in total. The summed E-state index contributed by atoms with van der Waals surface area (Å²) in [6.07, 6.45) is 3.80. The monoisotopic (exact) mass is 358 g/mol. The number of halogens is 2. The first-order valence-electron chi connectivity index (χ1n) is 8.23. The number of guanidine groups is 1. The number of imidazole rings is 1. The number of nitrogens with one attached hydrogen (secondary N) is 2. The zero-order chi connectivity index (χ0) is 18.2. The molecule has 8 nitrogen and oxygen atoms in total. The summed E-state index contributed by atoms with van der Waals surface area (Å²) in [5, 5.41) is 6.23. The number of ether oxygens (including phenoxy) is 1. The zero-order valence-corrected chi connectivity index (χ0v) is 14.4. The fourth-order valence-corrected chi connectivity index (χ4v) is 2.63. The van der Waals surface area contributed by atoms with E-state index in [0.29, 0.717) is 25.7 Å². The van der Waals surface area contributed by atoms with Crippen LogP contribution in [0.3, 0.4) is 0 Å². The van der Waals surface area contributed by atoms with Gasteiger partial charge in [-0.1, -0.05) is 0 Å². The first-order chi connectivity index (χ1) is 12.0. The van der Waals surface area contributed by atoms with Gasteiger partial charge < -0.3 is 20.3 Å². The highest BCUT2D eigenvalue weighted by atomic mass is 19.3. The van der Waals surface area contributed by atoms with E-state index >= 15 is 0 Å². The molecule has 1 amide bonds. The number of aromatic nitrogens is 2. The smallest absolute Gasteiger partial charge is 0.409 e. The minimum atomic E-state index is -2.62. The highest BCUT2D eigenvalue weighted by Crippen LogP contribution is 2.13. The number of rotatable bonds is 5. The van der Waals surface area contributed by atoms with E-state index < -0.39 is 6.55 Å². The predicted octanol–water partition coefficient (Wildman–Crippen LogP) is 1.56. The minimum Gasteiger partial charge on any atom is -0.450 e. The Morgan fingerprint density at radius 2 is 2.20 bits per heavy atom. The number of piperidine rings is 1. The molecule has 1 aliphatic rings. The molecule has 0 aromatic carbocycles. The van der Waals surface area contributed by atoms with Crippen molar-refractivity contribution in [1.29, 1.82) is 0 Å². The Labute approximate surface area is 145 Å². The number of amides is 1. The van der Waals surface area contributed by atoms with E-state index in [1.165, 1.54) is 12.4 Å². The van der Waals surface area contributed by atoms with Crippen molar-refractivity contribution in [3.63, 3.8) is 0 Å². The van der Waals surface area contributed by atoms with Gasteiger partial charge in [0.2, 0.25) is 0 Å². The second kappa shape index (κ2) is 9.19. The second-order valence-corrected chi connectivity index (χ2v) is 5.56. The summed E-state index contributed by atoms with van der Waals surface area (Å²) in [4.78, 5) is 21.4. The Morgan fingerprint density at radius 3 is 2.80 bits per heavy atom. The van der Waals surface area contributed by atoms with Crippen molar-refractivity contribution in [2.45, 2.75) is 38.9 Å². The molecule has 2 heterocycles. The normalized spacial score (nSPS) is 16.2. The lowest BCUT2D eigenvalue weighted by Crippen LogP contribution is -2.49. The van der Waals surface area contributed by atoms with Gasteiger partial charge in [-0.2, -0.15) is 8.78 Å². The van der Waals surface area contributed by atoms with Crippen molar-refractivity contribution in [2.75, 3.05) is 26.7 Å². The van der Waals surface area contributed by atoms with E-state index in [1.807, 2.05) is 0 Å². The molecule has 0 spiro atoms. The highest BCUT2D eigenvalue weighted by molar-refractivity contribution is 5.79. The van der Waals surface area contributed by atoms with Gasteiger partial charge in [-0.15, -0.1) is 0 Å². The van der Waals surface area contributed by atoms with Gasteiger partial charge in [0.15, 0.2) is 5.96 Å². The van der Waals surface area contributed by atoms with Crippen molar-refractivity contribution >= 4 is 12.1 Å². The van der Waals surface area contributed by atoms with Crippen molar-refractivity contribution in [3.05, 3.63) is 18.2 Å². The maximum atomic E-state index is 12.8. The van der Waals surface area contributed by atoms with Crippen molar-refractivity contribution in [2.24, 2.45) is 4.99 Å². The summed E-state index contributed by atoms with van der Waals surface area (Å²) in [6.45, 7) is 0.857. The van der Waals surface area contributed by atoms with Crippen LogP contribution in [0.1, 0.15) is 32.1 Å². The number of hydrogen-bond donors (Lipinski definition) is 2. The van der Waals surface area contributed by atoms with Crippen LogP contribution >= 0.6 is 0 Å². The van der Waals surface area contributed by atoms with Crippen LogP contribution in [0.4, 0.5) is 13.6 Å². The van der Waals surface area contributed by atoms with Crippen molar-refractivity contribution in [1.82, 2.24) is 25.1 Å². The molecule has 10 heteroatoms. The van der Waals surface area contributed by atoms with E-state index in [9.17, 15) is 13.6 Å². The molecule has 140 valence electrons. The molecule has 0 unspecified atom stereocenters. The molecule has 0 radical (unpaired) electrons. The minimum absolute atomic E-state index is 0.138. The highest BCUT2D eigenvalue weighted by Gasteiger charge is 2.24. The molecular formula is C15H24F2N6O2. The standard InChI is InChI=1S/C15H24F2N6O2/c1-3-25-15(24)22-7-4-11(5-8-22)21-14(18-2)20-10-12-19-6-9-23(12)13(16)17/h6,9,11,13H,3-5,7-8,10H2,1-2H3,(H2,18,20,21). The van der Waals surface area contributed by atoms with Gasteiger partial charge in [-0.25, -0.2) is 9.78 Å². The molecule has 0 aliphatic carbocycles. The van der Waals surface area contributed by atoms with Crippen molar-refractivity contribution < 1.29 is 18.3 Å². The molecule has 25 heavy (non-hydrogen) atoms. The molecule has 0 bridgehead atoms. The quantitative estimate of drug-likeness (QED) is 0.617. The van der Waals surface area contributed by atoms with Gasteiger partial charge in [-0.05, 0) is 19.8 Å². The Balaban J connectivity index is 1.79. The van der Waals surface area contributed by atoms with Crippen LogP contribution in [0, 0.1) is 0 Å². The molecule has 1 fully saturated rings. The SMILES string of the molecule is CCOC(=O)N1CCC(NC(=NC)NCc2nccn2C(F)F)CC1. The maximum absolute atomic E-state index is 12.8. The van der Waals surface area contributed by atoms with Crippen LogP contribution in [0.15, 0.2) is 17.4 Å². The third-order valence-corrected chi connectivity index (χ3v) is 3.96. The number of hydrogen-bond acceptors (Lipinski definition) is 4. The average molecular weight is 358 g/mol. The van der Waals surface area contributed by atoms with E-state index in [4.69, 9.17) is 4.74 Å². The number of aliphatic imine (C=N–C) groups is 1. The summed E-state index contributed by atoms with van der Waals surface area (Å²) in [5.74, 6) is 0.744. The lowest BCUT2D eigenvalue weighted by Gasteiger charge is -2.32. The predicted molar refractivity (Wildman–Crippen MR) is 88.4 cm³/mol. The third kappa shape index (κ3) is 5.30. The topological polar surface area (TPSA) is 83.8 Å². The van der Waals surface area contributed by atoms with Crippen LogP contribution < -0.4 is 10.6 Å². The molecule has 1 aromatic rings. The summed E-state index contributed by atoms with van der Waals surface area (Å²) in [5.41, 5.74) is 0. The molecule has 0 saturated carbocycles. The lowest BCUT2D eigenvalue weighted by atomic mass is 10.1.